The quantitative estimate of drug-likeness (QED) is 0.0995. The van der Waals surface area contributed by atoms with Gasteiger partial charge in [0, 0.05) is 6.42 Å². The molecule has 3 heteroatoms. The molecule has 0 aromatic carbocycles. The van der Waals surface area contributed by atoms with Crippen molar-refractivity contribution in [1.29, 1.82) is 0 Å². The van der Waals surface area contributed by atoms with E-state index < -0.39 is 12.8 Å². The van der Waals surface area contributed by atoms with Crippen molar-refractivity contribution in [2.45, 2.75) is 147 Å². The second kappa shape index (κ2) is 15.1. The molecule has 0 radical (unpaired) electrons. The molecule has 28 heavy (non-hydrogen) atoms. The first kappa shape index (κ1) is 28.2. The molecule has 166 valence electrons. The van der Waals surface area contributed by atoms with Gasteiger partial charge in [0.15, 0.2) is 12.8 Å². The lowest BCUT2D eigenvalue weighted by atomic mass is 10.1. The van der Waals surface area contributed by atoms with E-state index in [-0.39, 0.29) is 5.04 Å². The second-order valence-corrected chi connectivity index (χ2v) is 15.9. The normalized spacial score (nSPS) is 14.4. The van der Waals surface area contributed by atoms with Gasteiger partial charge < -0.3 is 4.43 Å². The number of alkyl halides is 1. The standard InChI is InChI=1S/C25H49BrOSi/c1-8-10-12-13-14-15-16-17-18-19-20-21-23-25(26,22-11-9-2)27-28(6,7)24(3,4)5/h8-20,22H2,1-7H3/t25-/m0/s1. The Kier molecular flexibility index (Phi) is 15.2. The Bertz CT molecular complexity index is 444. The minimum atomic E-state index is -1.84. The molecule has 0 N–H and O–H groups in total. The Morgan fingerprint density at radius 2 is 1.21 bits per heavy atom. The molecule has 0 amide bonds. The summed E-state index contributed by atoms with van der Waals surface area (Å²) in [5.74, 6) is 6.90. The zero-order valence-electron chi connectivity index (χ0n) is 20.2. The van der Waals surface area contributed by atoms with Gasteiger partial charge in [0.05, 0.1) is 0 Å². The molecule has 0 unspecified atom stereocenters. The van der Waals surface area contributed by atoms with Crippen molar-refractivity contribution in [2.75, 3.05) is 0 Å². The van der Waals surface area contributed by atoms with E-state index in [9.17, 15) is 0 Å². The zero-order valence-corrected chi connectivity index (χ0v) is 22.8. The zero-order chi connectivity index (χ0) is 21.5. The van der Waals surface area contributed by atoms with Crippen molar-refractivity contribution in [1.82, 2.24) is 0 Å². The van der Waals surface area contributed by atoms with Gasteiger partial charge in [-0.3, -0.25) is 0 Å². The molecule has 0 saturated heterocycles. The van der Waals surface area contributed by atoms with E-state index in [4.69, 9.17) is 4.43 Å². The molecule has 0 aromatic rings. The van der Waals surface area contributed by atoms with Crippen LogP contribution in [0.15, 0.2) is 0 Å². The summed E-state index contributed by atoms with van der Waals surface area (Å²) in [5, 5.41) is 0.205. The maximum Gasteiger partial charge on any atom is 0.195 e. The van der Waals surface area contributed by atoms with Crippen LogP contribution in [0.5, 0.6) is 0 Å². The van der Waals surface area contributed by atoms with Gasteiger partial charge in [-0.2, -0.15) is 0 Å². The molecule has 0 aliphatic heterocycles. The van der Waals surface area contributed by atoms with E-state index in [2.05, 4.69) is 75.5 Å². The van der Waals surface area contributed by atoms with Gasteiger partial charge in [-0.05, 0) is 53.3 Å². The smallest absolute Gasteiger partial charge is 0.195 e. The van der Waals surface area contributed by atoms with E-state index in [0.29, 0.717) is 0 Å². The van der Waals surface area contributed by atoms with Crippen LogP contribution in [0.25, 0.3) is 0 Å². The summed E-state index contributed by atoms with van der Waals surface area (Å²) >= 11 is 3.88. The fourth-order valence-corrected chi connectivity index (χ4v) is 5.90. The van der Waals surface area contributed by atoms with Gasteiger partial charge >= 0.3 is 0 Å². The SMILES string of the molecule is CCCCCCCCCCCCC#C[C@](Br)(CCCC)O[Si](C)(C)C(C)(C)C. The molecule has 0 bridgehead atoms. The minimum absolute atomic E-state index is 0.205. The molecule has 0 heterocycles. The molecule has 0 aromatic heterocycles. The third-order valence-corrected chi connectivity index (χ3v) is 11.5. The van der Waals surface area contributed by atoms with Gasteiger partial charge in [0.25, 0.3) is 0 Å². The number of unbranched alkanes of at least 4 members (excludes halogenated alkanes) is 11. The molecule has 0 aliphatic rings. The summed E-state index contributed by atoms with van der Waals surface area (Å²) in [5.41, 5.74) is 0. The predicted octanol–water partition coefficient (Wildman–Crippen LogP) is 9.60. The van der Waals surface area contributed by atoms with Gasteiger partial charge in [-0.1, -0.05) is 111 Å². The number of hydrogen-bond donors (Lipinski definition) is 0. The van der Waals surface area contributed by atoms with Crippen LogP contribution in [0.1, 0.15) is 125 Å². The number of halogens is 1. The summed E-state index contributed by atoms with van der Waals surface area (Å²) in [7, 11) is -1.84. The Morgan fingerprint density at radius 1 is 0.750 bits per heavy atom. The van der Waals surface area contributed by atoms with Crippen molar-refractivity contribution < 1.29 is 4.43 Å². The maximum absolute atomic E-state index is 6.67. The summed E-state index contributed by atoms with van der Waals surface area (Å²) in [6, 6.07) is 0. The van der Waals surface area contributed by atoms with E-state index in [1.54, 1.807) is 0 Å². The molecular weight excluding hydrogens is 424 g/mol. The Labute approximate surface area is 187 Å². The van der Waals surface area contributed by atoms with Crippen LogP contribution >= 0.6 is 15.9 Å². The third-order valence-electron chi connectivity index (χ3n) is 6.01. The van der Waals surface area contributed by atoms with Crippen LogP contribution in [0.3, 0.4) is 0 Å². The van der Waals surface area contributed by atoms with Crippen molar-refractivity contribution >= 4 is 24.2 Å². The van der Waals surface area contributed by atoms with Crippen LogP contribution in [0.4, 0.5) is 0 Å². The van der Waals surface area contributed by atoms with E-state index in [0.717, 1.165) is 19.3 Å². The minimum Gasteiger partial charge on any atom is -0.393 e. The number of rotatable bonds is 15. The van der Waals surface area contributed by atoms with Crippen LogP contribution in [0, 0.1) is 11.8 Å². The Hall–Kier alpha value is 0.217. The summed E-state index contributed by atoms with van der Waals surface area (Å²) in [4.78, 5) is 0. The lowest BCUT2D eigenvalue weighted by Crippen LogP contribution is -2.47. The van der Waals surface area contributed by atoms with E-state index in [1.165, 1.54) is 70.6 Å². The summed E-state index contributed by atoms with van der Waals surface area (Å²) in [6.45, 7) is 16.0. The maximum atomic E-state index is 6.67. The monoisotopic (exact) mass is 472 g/mol. The first-order chi connectivity index (χ1) is 13.1. The molecule has 0 aliphatic carbocycles. The van der Waals surface area contributed by atoms with Crippen molar-refractivity contribution in [3.05, 3.63) is 0 Å². The molecule has 0 fully saturated rings. The third kappa shape index (κ3) is 13.4. The second-order valence-electron chi connectivity index (χ2n) is 9.93. The summed E-state index contributed by atoms with van der Waals surface area (Å²) < 4.78 is 6.22. The molecule has 0 rings (SSSR count). The number of hydrogen-bond acceptors (Lipinski definition) is 1. The molecule has 0 saturated carbocycles. The molecule has 0 spiro atoms. The Balaban J connectivity index is 4.26. The van der Waals surface area contributed by atoms with Crippen molar-refractivity contribution in [3.8, 4) is 11.8 Å². The van der Waals surface area contributed by atoms with Crippen molar-refractivity contribution in [3.63, 3.8) is 0 Å². The largest absolute Gasteiger partial charge is 0.393 e. The Morgan fingerprint density at radius 3 is 1.68 bits per heavy atom. The lowest BCUT2D eigenvalue weighted by Gasteiger charge is -2.41. The van der Waals surface area contributed by atoms with E-state index >= 15 is 0 Å². The van der Waals surface area contributed by atoms with Gasteiger partial charge in [0.1, 0.15) is 0 Å². The molecular formula is C25H49BrOSi. The fourth-order valence-electron chi connectivity index (χ4n) is 3.00. The van der Waals surface area contributed by atoms with Crippen LogP contribution in [-0.2, 0) is 4.43 Å². The van der Waals surface area contributed by atoms with Crippen LogP contribution < -0.4 is 0 Å². The van der Waals surface area contributed by atoms with Gasteiger partial charge in [-0.25, -0.2) is 0 Å². The first-order valence-electron chi connectivity index (χ1n) is 12.0. The highest BCUT2D eigenvalue weighted by Crippen LogP contribution is 2.42. The fraction of sp³-hybridized carbons (Fsp3) is 0.920. The summed E-state index contributed by atoms with van der Waals surface area (Å²) in [6.07, 6.45) is 18.0. The average molecular weight is 474 g/mol. The van der Waals surface area contributed by atoms with Crippen molar-refractivity contribution in [2.24, 2.45) is 0 Å². The highest BCUT2D eigenvalue weighted by Gasteiger charge is 2.43. The first-order valence-corrected chi connectivity index (χ1v) is 15.7. The van der Waals surface area contributed by atoms with Gasteiger partial charge in [-0.15, -0.1) is 0 Å². The van der Waals surface area contributed by atoms with Gasteiger partial charge in [0.2, 0.25) is 0 Å². The van der Waals surface area contributed by atoms with E-state index in [1.807, 2.05) is 0 Å². The van der Waals surface area contributed by atoms with Crippen LogP contribution in [0.2, 0.25) is 18.1 Å². The average Bonchev–Trinajstić information content (AvgIpc) is 2.59. The lowest BCUT2D eigenvalue weighted by molar-refractivity contribution is 0.195. The molecule has 1 nitrogen and oxygen atoms in total. The highest BCUT2D eigenvalue weighted by atomic mass is 79.9. The van der Waals surface area contributed by atoms with Crippen LogP contribution in [-0.4, -0.2) is 12.8 Å². The predicted molar refractivity (Wildman–Crippen MR) is 134 cm³/mol. The highest BCUT2D eigenvalue weighted by molar-refractivity contribution is 9.10. The molecule has 1 atom stereocenters. The topological polar surface area (TPSA) is 9.23 Å².